The van der Waals surface area contributed by atoms with E-state index >= 15 is 0 Å². The predicted molar refractivity (Wildman–Crippen MR) is 80.1 cm³/mol. The number of ether oxygens (including phenoxy) is 3. The smallest absolute Gasteiger partial charge is 0.170 e. The summed E-state index contributed by atoms with van der Waals surface area (Å²) in [5.74, 6) is 0.611. The zero-order valence-electron chi connectivity index (χ0n) is 12.4. The molecular formula is C16H24N2O3. The Morgan fingerprint density at radius 3 is 2.57 bits per heavy atom. The average Bonchev–Trinajstić information content (AvgIpc) is 2.98. The number of benzene rings is 1. The van der Waals surface area contributed by atoms with Gasteiger partial charge in [0.1, 0.15) is 12.4 Å². The number of rotatable bonds is 5. The summed E-state index contributed by atoms with van der Waals surface area (Å²) in [6, 6.07) is 7.96. The summed E-state index contributed by atoms with van der Waals surface area (Å²) in [6.45, 7) is 5.60. The van der Waals surface area contributed by atoms with Crippen molar-refractivity contribution in [2.75, 3.05) is 39.5 Å². The molecule has 5 nitrogen and oxygen atoms in total. The minimum atomic E-state index is -0.288. The molecule has 116 valence electrons. The number of hydrogen-bond acceptors (Lipinski definition) is 5. The summed E-state index contributed by atoms with van der Waals surface area (Å²) in [5, 5.41) is 0. The molecule has 1 spiro atoms. The Bertz CT molecular complexity index is 451. The summed E-state index contributed by atoms with van der Waals surface area (Å²) in [7, 11) is 0. The van der Waals surface area contributed by atoms with E-state index in [1.165, 1.54) is 0 Å². The fourth-order valence-electron chi connectivity index (χ4n) is 3.00. The van der Waals surface area contributed by atoms with E-state index in [0.29, 0.717) is 13.2 Å². The summed E-state index contributed by atoms with van der Waals surface area (Å²) in [5.41, 5.74) is 6.77. The first-order valence-electron chi connectivity index (χ1n) is 7.72. The van der Waals surface area contributed by atoms with Crippen LogP contribution in [0.3, 0.4) is 0 Å². The fraction of sp³-hybridized carbons (Fsp3) is 0.625. The highest BCUT2D eigenvalue weighted by Crippen LogP contribution is 2.31. The van der Waals surface area contributed by atoms with Gasteiger partial charge in [-0.05, 0) is 6.07 Å². The van der Waals surface area contributed by atoms with Crippen LogP contribution in [-0.4, -0.2) is 50.1 Å². The Balaban J connectivity index is 1.42. The molecule has 2 fully saturated rings. The van der Waals surface area contributed by atoms with Crippen LogP contribution in [0.2, 0.25) is 0 Å². The highest BCUT2D eigenvalue weighted by atomic mass is 16.7. The van der Waals surface area contributed by atoms with Gasteiger partial charge in [0.2, 0.25) is 0 Å². The van der Waals surface area contributed by atoms with Crippen LogP contribution in [0.1, 0.15) is 18.4 Å². The van der Waals surface area contributed by atoms with Crippen LogP contribution in [-0.2, 0) is 16.0 Å². The molecule has 1 aromatic carbocycles. The Hall–Kier alpha value is -1.14. The monoisotopic (exact) mass is 292 g/mol. The predicted octanol–water partition coefficient (Wildman–Crippen LogP) is 1.36. The van der Waals surface area contributed by atoms with Crippen LogP contribution < -0.4 is 10.5 Å². The molecule has 2 saturated heterocycles. The molecule has 2 aliphatic rings. The van der Waals surface area contributed by atoms with Crippen LogP contribution in [0.5, 0.6) is 5.75 Å². The zero-order valence-corrected chi connectivity index (χ0v) is 12.4. The molecule has 3 rings (SSSR count). The van der Waals surface area contributed by atoms with E-state index in [1.807, 2.05) is 24.3 Å². The molecule has 0 atom stereocenters. The van der Waals surface area contributed by atoms with E-state index in [-0.39, 0.29) is 5.79 Å². The molecule has 1 aromatic rings. The van der Waals surface area contributed by atoms with Gasteiger partial charge in [-0.1, -0.05) is 18.2 Å². The van der Waals surface area contributed by atoms with E-state index in [0.717, 1.165) is 57.0 Å². The first kappa shape index (κ1) is 14.8. The lowest BCUT2D eigenvalue weighted by molar-refractivity contribution is -0.185. The molecule has 0 radical (unpaired) electrons. The van der Waals surface area contributed by atoms with E-state index in [9.17, 15) is 0 Å². The van der Waals surface area contributed by atoms with E-state index < -0.39 is 0 Å². The molecule has 0 bridgehead atoms. The van der Waals surface area contributed by atoms with Crippen molar-refractivity contribution in [1.82, 2.24) is 4.90 Å². The molecule has 0 amide bonds. The first-order chi connectivity index (χ1) is 10.3. The summed E-state index contributed by atoms with van der Waals surface area (Å²) >= 11 is 0. The molecule has 2 aliphatic heterocycles. The van der Waals surface area contributed by atoms with Crippen molar-refractivity contribution in [2.45, 2.75) is 25.2 Å². The number of hydrogen-bond donors (Lipinski definition) is 1. The quantitative estimate of drug-likeness (QED) is 0.888. The van der Waals surface area contributed by atoms with Crippen molar-refractivity contribution >= 4 is 0 Å². The van der Waals surface area contributed by atoms with Gasteiger partial charge in [-0.2, -0.15) is 0 Å². The molecule has 21 heavy (non-hydrogen) atoms. The topological polar surface area (TPSA) is 57.0 Å². The third-order valence-electron chi connectivity index (χ3n) is 4.29. The highest BCUT2D eigenvalue weighted by molar-refractivity contribution is 5.32. The zero-order chi connectivity index (χ0) is 14.5. The largest absolute Gasteiger partial charge is 0.492 e. The van der Waals surface area contributed by atoms with E-state index in [4.69, 9.17) is 19.9 Å². The lowest BCUT2D eigenvalue weighted by atomic mass is 10.0. The van der Waals surface area contributed by atoms with Crippen molar-refractivity contribution in [3.8, 4) is 5.75 Å². The summed E-state index contributed by atoms with van der Waals surface area (Å²) in [6.07, 6.45) is 1.90. The second-order valence-corrected chi connectivity index (χ2v) is 5.61. The molecule has 2 heterocycles. The molecule has 0 saturated carbocycles. The minimum absolute atomic E-state index is 0.288. The van der Waals surface area contributed by atoms with Crippen molar-refractivity contribution in [2.24, 2.45) is 5.73 Å². The Labute approximate surface area is 126 Å². The van der Waals surface area contributed by atoms with E-state index in [2.05, 4.69) is 4.90 Å². The van der Waals surface area contributed by atoms with Gasteiger partial charge in [-0.3, -0.25) is 4.90 Å². The molecule has 5 heteroatoms. The molecule has 0 unspecified atom stereocenters. The summed E-state index contributed by atoms with van der Waals surface area (Å²) < 4.78 is 17.3. The van der Waals surface area contributed by atoms with Gasteiger partial charge in [0.15, 0.2) is 5.79 Å². The van der Waals surface area contributed by atoms with E-state index in [1.54, 1.807) is 0 Å². The third kappa shape index (κ3) is 3.55. The van der Waals surface area contributed by atoms with Crippen LogP contribution in [0.15, 0.2) is 24.3 Å². The Kier molecular flexibility index (Phi) is 4.75. The van der Waals surface area contributed by atoms with Gasteiger partial charge in [-0.15, -0.1) is 0 Å². The lowest BCUT2D eigenvalue weighted by Crippen LogP contribution is -2.46. The number of para-hydroxylation sites is 1. The Morgan fingerprint density at radius 2 is 1.86 bits per heavy atom. The molecular weight excluding hydrogens is 268 g/mol. The second-order valence-electron chi connectivity index (χ2n) is 5.61. The molecule has 0 aliphatic carbocycles. The van der Waals surface area contributed by atoms with Crippen LogP contribution in [0, 0.1) is 0 Å². The van der Waals surface area contributed by atoms with Gasteiger partial charge in [0.25, 0.3) is 0 Å². The van der Waals surface area contributed by atoms with Gasteiger partial charge in [-0.25, -0.2) is 0 Å². The minimum Gasteiger partial charge on any atom is -0.492 e. The maximum absolute atomic E-state index is 5.86. The molecule has 2 N–H and O–H groups in total. The van der Waals surface area contributed by atoms with Crippen molar-refractivity contribution in [3.05, 3.63) is 29.8 Å². The Morgan fingerprint density at radius 1 is 1.14 bits per heavy atom. The van der Waals surface area contributed by atoms with Crippen molar-refractivity contribution in [1.29, 1.82) is 0 Å². The number of nitrogens with two attached hydrogens (primary N) is 1. The lowest BCUT2D eigenvalue weighted by Gasteiger charge is -2.37. The third-order valence-corrected chi connectivity index (χ3v) is 4.29. The van der Waals surface area contributed by atoms with Crippen LogP contribution in [0.4, 0.5) is 0 Å². The number of likely N-dealkylation sites (tertiary alicyclic amines) is 1. The van der Waals surface area contributed by atoms with Crippen LogP contribution in [0.25, 0.3) is 0 Å². The summed E-state index contributed by atoms with van der Waals surface area (Å²) in [4.78, 5) is 2.40. The number of nitrogens with zero attached hydrogens (tertiary/aromatic N) is 1. The van der Waals surface area contributed by atoms with Gasteiger partial charge in [0, 0.05) is 44.6 Å². The number of piperidine rings is 1. The standard InChI is InChI=1S/C16H24N2O3/c17-13-14-3-1-2-4-15(14)19-10-9-18-7-5-16(6-8-18)20-11-12-21-16/h1-4H,5-13,17H2. The normalized spacial score (nSPS) is 21.8. The maximum atomic E-state index is 5.86. The molecule has 0 aromatic heterocycles. The van der Waals surface area contributed by atoms with Crippen molar-refractivity contribution < 1.29 is 14.2 Å². The SMILES string of the molecule is NCc1ccccc1OCCN1CCC2(CC1)OCCO2. The van der Waals surface area contributed by atoms with Gasteiger partial charge >= 0.3 is 0 Å². The fourth-order valence-corrected chi connectivity index (χ4v) is 3.00. The van der Waals surface area contributed by atoms with Crippen molar-refractivity contribution in [3.63, 3.8) is 0 Å². The van der Waals surface area contributed by atoms with Gasteiger partial charge < -0.3 is 19.9 Å². The van der Waals surface area contributed by atoms with Gasteiger partial charge in [0.05, 0.1) is 13.2 Å². The average molecular weight is 292 g/mol. The first-order valence-corrected chi connectivity index (χ1v) is 7.72. The highest BCUT2D eigenvalue weighted by Gasteiger charge is 2.39. The van der Waals surface area contributed by atoms with Crippen LogP contribution >= 0.6 is 0 Å². The maximum Gasteiger partial charge on any atom is 0.170 e. The second kappa shape index (κ2) is 6.75.